The van der Waals surface area contributed by atoms with Gasteiger partial charge in [0.2, 0.25) is 0 Å². The summed E-state index contributed by atoms with van der Waals surface area (Å²) in [5.41, 5.74) is 0.591. The first-order valence-electron chi connectivity index (χ1n) is 13.3. The number of fused-ring (bicyclic) bond motifs is 3. The van der Waals surface area contributed by atoms with Crippen LogP contribution in [0.5, 0.6) is 17.2 Å². The minimum absolute atomic E-state index is 0.0136. The van der Waals surface area contributed by atoms with Gasteiger partial charge in [-0.25, -0.2) is 9.48 Å². The summed E-state index contributed by atoms with van der Waals surface area (Å²) >= 11 is 1.67. The van der Waals surface area contributed by atoms with E-state index in [2.05, 4.69) is 17.2 Å². The molecule has 0 aliphatic carbocycles. The van der Waals surface area contributed by atoms with Crippen molar-refractivity contribution < 1.29 is 23.7 Å². The maximum atomic E-state index is 12.3. The Hall–Kier alpha value is -3.30. The van der Waals surface area contributed by atoms with E-state index in [1.165, 1.54) is 6.42 Å². The van der Waals surface area contributed by atoms with Crippen molar-refractivity contribution in [3.8, 4) is 17.2 Å². The largest absolute Gasteiger partial charge is 0.489 e. The second-order valence-corrected chi connectivity index (χ2v) is 11.8. The summed E-state index contributed by atoms with van der Waals surface area (Å²) in [5.74, 6) is 2.32. The Labute approximate surface area is 226 Å². The number of nitrogens with zero attached hydrogens (tertiary/aromatic N) is 3. The fraction of sp³-hybridized carbons (Fsp3) is 0.448. The molecule has 2 atom stereocenters. The van der Waals surface area contributed by atoms with Gasteiger partial charge in [-0.2, -0.15) is 5.10 Å². The molecule has 6 rings (SSSR count). The van der Waals surface area contributed by atoms with Crippen LogP contribution in [-0.2, 0) is 9.47 Å². The first-order chi connectivity index (χ1) is 18.3. The van der Waals surface area contributed by atoms with Gasteiger partial charge < -0.3 is 23.8 Å². The van der Waals surface area contributed by atoms with Crippen LogP contribution in [0.15, 0.2) is 48.0 Å². The molecule has 4 aromatic rings. The van der Waals surface area contributed by atoms with Crippen molar-refractivity contribution in [3.05, 3.63) is 48.0 Å². The number of carbonyl (C=O) groups excluding carboxylic acids is 1. The van der Waals surface area contributed by atoms with Gasteiger partial charge >= 0.3 is 6.09 Å². The van der Waals surface area contributed by atoms with Crippen LogP contribution >= 0.6 is 11.3 Å². The van der Waals surface area contributed by atoms with Crippen molar-refractivity contribution in [1.29, 1.82) is 0 Å². The highest BCUT2D eigenvalue weighted by atomic mass is 32.1. The molecule has 2 fully saturated rings. The SMILES string of the molecule is CC(C)(C)OC(=O)N1CC[C@H](Oc2ccc(Oc3csc4c3ccc3c4cnn3C3CCCCO3)cc2)C1. The Morgan fingerprint density at radius 1 is 1.05 bits per heavy atom. The van der Waals surface area contributed by atoms with Crippen molar-refractivity contribution in [2.24, 2.45) is 0 Å². The molecule has 2 aliphatic rings. The van der Waals surface area contributed by atoms with Crippen molar-refractivity contribution in [2.75, 3.05) is 19.7 Å². The topological polar surface area (TPSA) is 75.0 Å². The van der Waals surface area contributed by atoms with Gasteiger partial charge in [0.1, 0.15) is 29.0 Å². The molecule has 0 N–H and O–H groups in total. The van der Waals surface area contributed by atoms with E-state index in [4.69, 9.17) is 18.9 Å². The summed E-state index contributed by atoms with van der Waals surface area (Å²) in [7, 11) is 0. The van der Waals surface area contributed by atoms with Crippen LogP contribution in [0.3, 0.4) is 0 Å². The third-order valence-electron chi connectivity index (χ3n) is 6.86. The smallest absolute Gasteiger partial charge is 0.410 e. The molecular formula is C29H33N3O5S. The third-order valence-corrected chi connectivity index (χ3v) is 7.87. The lowest BCUT2D eigenvalue weighted by Gasteiger charge is -2.24. The van der Waals surface area contributed by atoms with Crippen LogP contribution in [0.2, 0.25) is 0 Å². The molecule has 38 heavy (non-hydrogen) atoms. The average Bonchev–Trinajstić information content (AvgIpc) is 3.63. The Balaban J connectivity index is 1.11. The van der Waals surface area contributed by atoms with Crippen LogP contribution < -0.4 is 9.47 Å². The number of thiophene rings is 1. The molecule has 2 aromatic carbocycles. The summed E-state index contributed by atoms with van der Waals surface area (Å²) in [6.07, 6.45) is 5.66. The summed E-state index contributed by atoms with van der Waals surface area (Å²) < 4.78 is 27.0. The molecular weight excluding hydrogens is 502 g/mol. The third kappa shape index (κ3) is 5.17. The summed E-state index contributed by atoms with van der Waals surface area (Å²) in [6, 6.07) is 11.9. The minimum atomic E-state index is -0.502. The zero-order valence-electron chi connectivity index (χ0n) is 22.0. The van der Waals surface area contributed by atoms with Crippen LogP contribution in [-0.4, -0.2) is 52.2 Å². The molecule has 200 valence electrons. The van der Waals surface area contributed by atoms with Gasteiger partial charge in [-0.05, 0) is 76.4 Å². The van der Waals surface area contributed by atoms with Gasteiger partial charge in [-0.1, -0.05) is 0 Å². The number of amides is 1. The van der Waals surface area contributed by atoms with Crippen molar-refractivity contribution in [1.82, 2.24) is 14.7 Å². The van der Waals surface area contributed by atoms with E-state index in [-0.39, 0.29) is 18.4 Å². The first-order valence-corrected chi connectivity index (χ1v) is 14.1. The van der Waals surface area contributed by atoms with Gasteiger partial charge in [0, 0.05) is 40.4 Å². The minimum Gasteiger partial charge on any atom is -0.489 e. The quantitative estimate of drug-likeness (QED) is 0.271. The number of carbonyl (C=O) groups is 1. The lowest BCUT2D eigenvalue weighted by Crippen LogP contribution is -2.36. The molecule has 0 saturated carbocycles. The van der Waals surface area contributed by atoms with Gasteiger partial charge in [0.05, 0.1) is 18.3 Å². The monoisotopic (exact) mass is 535 g/mol. The molecule has 1 unspecified atom stereocenters. The summed E-state index contributed by atoms with van der Waals surface area (Å²) in [6.45, 7) is 7.57. The van der Waals surface area contributed by atoms with Gasteiger partial charge in [0.25, 0.3) is 0 Å². The molecule has 0 bridgehead atoms. The molecule has 8 nitrogen and oxygen atoms in total. The van der Waals surface area contributed by atoms with E-state index >= 15 is 0 Å². The Morgan fingerprint density at radius 2 is 1.87 bits per heavy atom. The number of aromatic nitrogens is 2. The number of ether oxygens (including phenoxy) is 4. The summed E-state index contributed by atoms with van der Waals surface area (Å²) in [5, 5.41) is 8.90. The van der Waals surface area contributed by atoms with Crippen LogP contribution in [0.4, 0.5) is 4.79 Å². The Morgan fingerprint density at radius 3 is 2.63 bits per heavy atom. The fourth-order valence-corrected chi connectivity index (χ4v) is 6.02. The summed E-state index contributed by atoms with van der Waals surface area (Å²) in [4.78, 5) is 14.0. The van der Waals surface area contributed by atoms with Gasteiger partial charge in [-0.15, -0.1) is 11.3 Å². The standard InChI is InChI=1S/C29H33N3O5S/c1-29(2,3)37-28(33)31-14-13-21(17-31)35-19-7-9-20(10-8-19)36-25-18-38-27-22(25)11-12-24-23(27)16-30-32(24)26-6-4-5-15-34-26/h7-12,16,18,21,26H,4-6,13-15,17H2,1-3H3/t21-,26?/m0/s1. The highest BCUT2D eigenvalue weighted by molar-refractivity contribution is 7.18. The highest BCUT2D eigenvalue weighted by Crippen LogP contribution is 2.40. The Bertz CT molecular complexity index is 1430. The van der Waals surface area contributed by atoms with Crippen LogP contribution in [0.1, 0.15) is 52.7 Å². The van der Waals surface area contributed by atoms with Crippen molar-refractivity contribution >= 4 is 38.4 Å². The fourth-order valence-electron chi connectivity index (χ4n) is 5.04. The molecule has 2 saturated heterocycles. The molecule has 2 aromatic heterocycles. The maximum Gasteiger partial charge on any atom is 0.410 e. The number of hydrogen-bond donors (Lipinski definition) is 0. The second-order valence-electron chi connectivity index (χ2n) is 10.9. The normalized spacial score (nSPS) is 20.2. The van der Waals surface area contributed by atoms with E-state index < -0.39 is 5.60 Å². The van der Waals surface area contributed by atoms with E-state index in [1.807, 2.05) is 61.3 Å². The zero-order valence-corrected chi connectivity index (χ0v) is 22.8. The van der Waals surface area contributed by atoms with Crippen molar-refractivity contribution in [2.45, 2.75) is 64.4 Å². The Kier molecular flexibility index (Phi) is 6.65. The molecule has 0 radical (unpaired) electrons. The number of benzene rings is 2. The van der Waals surface area contributed by atoms with Gasteiger partial charge in [-0.3, -0.25) is 0 Å². The predicted molar refractivity (Wildman–Crippen MR) is 147 cm³/mol. The van der Waals surface area contributed by atoms with Gasteiger partial charge in [0.15, 0.2) is 6.23 Å². The molecule has 2 aliphatic heterocycles. The number of rotatable bonds is 5. The molecule has 4 heterocycles. The van der Waals surface area contributed by atoms with E-state index in [1.54, 1.807) is 16.2 Å². The lowest BCUT2D eigenvalue weighted by atomic mass is 10.1. The van der Waals surface area contributed by atoms with E-state index in [0.29, 0.717) is 13.1 Å². The zero-order chi connectivity index (χ0) is 26.3. The van der Waals surface area contributed by atoms with Crippen molar-refractivity contribution in [3.63, 3.8) is 0 Å². The molecule has 0 spiro atoms. The van der Waals surface area contributed by atoms with Crippen LogP contribution in [0, 0.1) is 0 Å². The molecule has 1 amide bonds. The first kappa shape index (κ1) is 25.0. The second kappa shape index (κ2) is 10.1. The average molecular weight is 536 g/mol. The van der Waals surface area contributed by atoms with Crippen LogP contribution in [0.25, 0.3) is 21.0 Å². The van der Waals surface area contributed by atoms with E-state index in [9.17, 15) is 4.79 Å². The number of hydrogen-bond acceptors (Lipinski definition) is 7. The highest BCUT2D eigenvalue weighted by Gasteiger charge is 2.31. The number of likely N-dealkylation sites (tertiary alicyclic amines) is 1. The predicted octanol–water partition coefficient (Wildman–Crippen LogP) is 7.13. The molecule has 9 heteroatoms. The lowest BCUT2D eigenvalue weighted by molar-refractivity contribution is -0.0366. The maximum absolute atomic E-state index is 12.3. The van der Waals surface area contributed by atoms with E-state index in [0.717, 1.165) is 64.1 Å².